The first-order valence-corrected chi connectivity index (χ1v) is 6.49. The molecule has 2 heteroatoms. The molecule has 0 radical (unpaired) electrons. The Labute approximate surface area is 110 Å². The molecule has 0 saturated heterocycles. The molecule has 0 aromatic rings. The number of ether oxygens (including phenoxy) is 1. The maximum atomic E-state index is 10.7. The molecule has 1 aliphatic carbocycles. The van der Waals surface area contributed by atoms with Crippen LogP contribution in [0.5, 0.6) is 0 Å². The van der Waals surface area contributed by atoms with E-state index in [0.717, 1.165) is 19.1 Å². The van der Waals surface area contributed by atoms with Crippen LogP contribution in [0.1, 0.15) is 33.6 Å². The fourth-order valence-corrected chi connectivity index (χ4v) is 1.73. The van der Waals surface area contributed by atoms with Gasteiger partial charge < -0.3 is 4.74 Å². The van der Waals surface area contributed by atoms with Crippen molar-refractivity contribution in [3.8, 4) is 0 Å². The summed E-state index contributed by atoms with van der Waals surface area (Å²) in [6.07, 6.45) is 14.8. The lowest BCUT2D eigenvalue weighted by molar-refractivity contribution is -0.104. The lowest BCUT2D eigenvalue weighted by Gasteiger charge is -2.20. The van der Waals surface area contributed by atoms with Crippen molar-refractivity contribution in [2.45, 2.75) is 45.8 Å². The van der Waals surface area contributed by atoms with Gasteiger partial charge in [-0.3, -0.25) is 4.79 Å². The molecule has 0 fully saturated rings. The minimum absolute atomic E-state index is 0.0568. The summed E-state index contributed by atoms with van der Waals surface area (Å²) < 4.78 is 5.97. The van der Waals surface area contributed by atoms with Gasteiger partial charge in [0.2, 0.25) is 0 Å². The molecular weight excluding hydrogens is 224 g/mol. The number of carbonyl (C=O) groups excluding carboxylic acids is 1. The van der Waals surface area contributed by atoms with Gasteiger partial charge >= 0.3 is 0 Å². The van der Waals surface area contributed by atoms with E-state index in [2.05, 4.69) is 32.1 Å². The van der Waals surface area contributed by atoms with E-state index in [1.807, 2.05) is 19.1 Å². The molecule has 98 valence electrons. The first kappa shape index (κ1) is 14.7. The highest BCUT2D eigenvalue weighted by molar-refractivity contribution is 5.77. The van der Waals surface area contributed by atoms with Crippen molar-refractivity contribution >= 4 is 6.29 Å². The van der Waals surface area contributed by atoms with Crippen LogP contribution in [-0.4, -0.2) is 18.5 Å². The fourth-order valence-electron chi connectivity index (χ4n) is 1.73. The average molecular weight is 246 g/mol. The van der Waals surface area contributed by atoms with Gasteiger partial charge in [0.15, 0.2) is 0 Å². The molecule has 0 spiro atoms. The van der Waals surface area contributed by atoms with Gasteiger partial charge in [-0.25, -0.2) is 0 Å². The van der Waals surface area contributed by atoms with Gasteiger partial charge in [-0.2, -0.15) is 0 Å². The smallest absolute Gasteiger partial charge is 0.149 e. The molecule has 0 bridgehead atoms. The van der Waals surface area contributed by atoms with Crippen molar-refractivity contribution in [1.29, 1.82) is 0 Å². The molecule has 0 saturated carbocycles. The predicted octanol–water partition coefficient (Wildman–Crippen LogP) is 3.76. The maximum absolute atomic E-state index is 10.7. The Bertz CT molecular complexity index is 386. The largest absolute Gasteiger partial charge is 0.367 e. The lowest BCUT2D eigenvalue weighted by atomic mass is 10.1. The van der Waals surface area contributed by atoms with Gasteiger partial charge in [0, 0.05) is 5.57 Å². The minimum atomic E-state index is 0.0568. The van der Waals surface area contributed by atoms with E-state index >= 15 is 0 Å². The summed E-state index contributed by atoms with van der Waals surface area (Å²) in [5.74, 6) is 0. The van der Waals surface area contributed by atoms with Crippen LogP contribution in [-0.2, 0) is 9.53 Å². The van der Waals surface area contributed by atoms with E-state index in [9.17, 15) is 4.79 Å². The summed E-state index contributed by atoms with van der Waals surface area (Å²) >= 11 is 0. The number of hydrogen-bond acceptors (Lipinski definition) is 2. The Hall–Kier alpha value is -1.41. The molecule has 0 aromatic carbocycles. The topological polar surface area (TPSA) is 26.3 Å². The molecule has 0 amide bonds. The van der Waals surface area contributed by atoms with E-state index in [4.69, 9.17) is 4.74 Å². The number of aldehydes is 1. The van der Waals surface area contributed by atoms with E-state index in [0.29, 0.717) is 5.57 Å². The van der Waals surface area contributed by atoms with Crippen LogP contribution in [0.3, 0.4) is 0 Å². The van der Waals surface area contributed by atoms with Gasteiger partial charge in [0.25, 0.3) is 0 Å². The van der Waals surface area contributed by atoms with Gasteiger partial charge in [0.1, 0.15) is 6.29 Å². The zero-order valence-corrected chi connectivity index (χ0v) is 11.4. The molecular formula is C16H22O2. The monoisotopic (exact) mass is 246 g/mol. The van der Waals surface area contributed by atoms with Gasteiger partial charge in [-0.1, -0.05) is 49.0 Å². The zero-order valence-electron chi connectivity index (χ0n) is 11.4. The third kappa shape index (κ3) is 4.84. The van der Waals surface area contributed by atoms with Crippen LogP contribution in [0.15, 0.2) is 47.6 Å². The Morgan fingerprint density at radius 2 is 2.39 bits per heavy atom. The SMILES string of the molecule is C/C=C(C=O)\C=C/C(CC)OC1C=CC(C)=CC1. The predicted molar refractivity (Wildman–Crippen MR) is 75.4 cm³/mol. The molecule has 0 aliphatic heterocycles. The minimum Gasteiger partial charge on any atom is -0.367 e. The summed E-state index contributed by atoms with van der Waals surface area (Å²) in [7, 11) is 0. The van der Waals surface area contributed by atoms with Crippen molar-refractivity contribution < 1.29 is 9.53 Å². The normalized spacial score (nSPS) is 22.1. The standard InChI is InChI=1S/C16H22O2/c1-4-14(12-17)8-11-15(5-2)18-16-9-6-13(3)7-10-16/h4,6-9,11-12,15-16H,5,10H2,1-3H3/b11-8-,14-4+. The van der Waals surface area contributed by atoms with Crippen molar-refractivity contribution in [3.63, 3.8) is 0 Å². The Morgan fingerprint density at radius 3 is 2.89 bits per heavy atom. The molecule has 18 heavy (non-hydrogen) atoms. The maximum Gasteiger partial charge on any atom is 0.149 e. The highest BCUT2D eigenvalue weighted by Gasteiger charge is 2.12. The number of carbonyl (C=O) groups is 1. The van der Waals surface area contributed by atoms with Crippen molar-refractivity contribution in [1.82, 2.24) is 0 Å². The third-order valence-corrected chi connectivity index (χ3v) is 2.97. The number of allylic oxidation sites excluding steroid dienone is 5. The van der Waals surface area contributed by atoms with Crippen molar-refractivity contribution in [2.24, 2.45) is 0 Å². The zero-order chi connectivity index (χ0) is 13.4. The molecule has 2 atom stereocenters. The second kappa shape index (κ2) is 7.83. The van der Waals surface area contributed by atoms with Crippen molar-refractivity contribution in [2.75, 3.05) is 0 Å². The summed E-state index contributed by atoms with van der Waals surface area (Å²) in [6.45, 7) is 6.03. The summed E-state index contributed by atoms with van der Waals surface area (Å²) in [5, 5.41) is 0. The van der Waals surface area contributed by atoms with E-state index in [1.165, 1.54) is 5.57 Å². The molecule has 2 nitrogen and oxygen atoms in total. The average Bonchev–Trinajstić information content (AvgIpc) is 2.40. The summed E-state index contributed by atoms with van der Waals surface area (Å²) in [5.41, 5.74) is 1.97. The van der Waals surface area contributed by atoms with Gasteiger partial charge in [0.05, 0.1) is 12.2 Å². The first-order valence-electron chi connectivity index (χ1n) is 6.49. The second-order valence-corrected chi connectivity index (χ2v) is 4.43. The van der Waals surface area contributed by atoms with Gasteiger partial charge in [-0.05, 0) is 26.7 Å². The number of rotatable bonds is 6. The van der Waals surface area contributed by atoms with E-state index < -0.39 is 0 Å². The Kier molecular flexibility index (Phi) is 6.37. The van der Waals surface area contributed by atoms with E-state index in [-0.39, 0.29) is 12.2 Å². The summed E-state index contributed by atoms with van der Waals surface area (Å²) in [4.78, 5) is 10.7. The lowest BCUT2D eigenvalue weighted by Crippen LogP contribution is -2.19. The molecule has 2 unspecified atom stereocenters. The number of hydrogen-bond donors (Lipinski definition) is 0. The molecule has 1 rings (SSSR count). The second-order valence-electron chi connectivity index (χ2n) is 4.43. The molecule has 0 heterocycles. The van der Waals surface area contributed by atoms with Crippen LogP contribution in [0, 0.1) is 0 Å². The van der Waals surface area contributed by atoms with Crippen LogP contribution < -0.4 is 0 Å². The highest BCUT2D eigenvalue weighted by Crippen LogP contribution is 2.16. The van der Waals surface area contributed by atoms with Crippen LogP contribution in [0.25, 0.3) is 0 Å². The quantitative estimate of drug-likeness (QED) is 0.405. The molecule has 0 N–H and O–H groups in total. The first-order chi connectivity index (χ1) is 8.69. The van der Waals surface area contributed by atoms with Crippen LogP contribution in [0.2, 0.25) is 0 Å². The Morgan fingerprint density at radius 1 is 1.61 bits per heavy atom. The van der Waals surface area contributed by atoms with E-state index in [1.54, 1.807) is 6.08 Å². The van der Waals surface area contributed by atoms with Crippen molar-refractivity contribution in [3.05, 3.63) is 47.6 Å². The third-order valence-electron chi connectivity index (χ3n) is 2.97. The molecule has 1 aliphatic rings. The molecule has 0 aromatic heterocycles. The summed E-state index contributed by atoms with van der Waals surface area (Å²) in [6, 6.07) is 0. The van der Waals surface area contributed by atoms with Crippen LogP contribution in [0.4, 0.5) is 0 Å². The fraction of sp³-hybridized carbons (Fsp3) is 0.438. The van der Waals surface area contributed by atoms with Crippen LogP contribution >= 0.6 is 0 Å². The Balaban J connectivity index is 2.53. The highest BCUT2D eigenvalue weighted by atomic mass is 16.5. The van der Waals surface area contributed by atoms with Gasteiger partial charge in [-0.15, -0.1) is 0 Å².